The molecule has 1 fully saturated rings. The summed E-state index contributed by atoms with van der Waals surface area (Å²) < 4.78 is 10.2. The molecule has 0 bridgehead atoms. The van der Waals surface area contributed by atoms with Crippen molar-refractivity contribution in [3.05, 3.63) is 18.2 Å². The Kier molecular flexibility index (Phi) is 3.99. The van der Waals surface area contributed by atoms with E-state index in [2.05, 4.69) is 14.6 Å². The van der Waals surface area contributed by atoms with E-state index in [9.17, 15) is 4.79 Å². The van der Waals surface area contributed by atoms with Crippen LogP contribution >= 0.6 is 0 Å². The molecule has 2 rings (SSSR count). The van der Waals surface area contributed by atoms with E-state index in [0.717, 1.165) is 12.4 Å². The van der Waals surface area contributed by atoms with Gasteiger partial charge in [0.15, 0.2) is 0 Å². The number of pyridine rings is 1. The number of nitrogens with two attached hydrogens (primary N) is 1. The van der Waals surface area contributed by atoms with Crippen LogP contribution in [0.2, 0.25) is 0 Å². The molecule has 0 radical (unpaired) electrons. The predicted octanol–water partition coefficient (Wildman–Crippen LogP) is 0.432. The van der Waals surface area contributed by atoms with Crippen LogP contribution in [-0.4, -0.2) is 43.9 Å². The predicted molar refractivity (Wildman–Crippen MR) is 67.2 cm³/mol. The number of rotatable bonds is 3. The van der Waals surface area contributed by atoms with Crippen LogP contribution in [0.15, 0.2) is 18.2 Å². The number of carbonyl (C=O) groups excluding carboxylic acids is 1. The van der Waals surface area contributed by atoms with Gasteiger partial charge in [-0.1, -0.05) is 6.07 Å². The van der Waals surface area contributed by atoms with Gasteiger partial charge in [-0.3, -0.25) is 4.79 Å². The van der Waals surface area contributed by atoms with Crippen molar-refractivity contribution in [2.75, 3.05) is 37.4 Å². The molecule has 1 saturated heterocycles. The quantitative estimate of drug-likeness (QED) is 0.785. The first-order valence-electron chi connectivity index (χ1n) is 5.85. The van der Waals surface area contributed by atoms with Crippen molar-refractivity contribution in [1.82, 2.24) is 4.98 Å². The Bertz CT molecular complexity index is 425. The highest BCUT2D eigenvalue weighted by molar-refractivity contribution is 5.69. The number of carbonyl (C=O) groups is 1. The summed E-state index contributed by atoms with van der Waals surface area (Å²) in [6.45, 7) is 1.93. The molecule has 98 valence electrons. The molecular weight excluding hydrogens is 234 g/mol. The largest absolute Gasteiger partial charge is 0.469 e. The van der Waals surface area contributed by atoms with Gasteiger partial charge in [-0.2, -0.15) is 0 Å². The number of ether oxygens (including phenoxy) is 2. The van der Waals surface area contributed by atoms with E-state index in [-0.39, 0.29) is 18.5 Å². The van der Waals surface area contributed by atoms with Crippen molar-refractivity contribution in [3.63, 3.8) is 0 Å². The van der Waals surface area contributed by atoms with Crippen molar-refractivity contribution in [2.24, 2.45) is 0 Å². The third-order valence-electron chi connectivity index (χ3n) is 2.84. The van der Waals surface area contributed by atoms with Gasteiger partial charge in [0.2, 0.25) is 0 Å². The Morgan fingerprint density at radius 1 is 1.67 bits per heavy atom. The zero-order valence-electron chi connectivity index (χ0n) is 10.3. The summed E-state index contributed by atoms with van der Waals surface area (Å²) in [4.78, 5) is 17.5. The highest BCUT2D eigenvalue weighted by atomic mass is 16.5. The number of morpholine rings is 1. The lowest BCUT2D eigenvalue weighted by atomic mass is 10.2. The number of hydrogen-bond donors (Lipinski definition) is 1. The average Bonchev–Trinajstić information content (AvgIpc) is 2.39. The van der Waals surface area contributed by atoms with Crippen molar-refractivity contribution < 1.29 is 14.3 Å². The van der Waals surface area contributed by atoms with E-state index >= 15 is 0 Å². The Morgan fingerprint density at radius 3 is 3.22 bits per heavy atom. The number of esters is 1. The van der Waals surface area contributed by atoms with Crippen molar-refractivity contribution >= 4 is 17.6 Å². The molecule has 6 heteroatoms. The van der Waals surface area contributed by atoms with Crippen LogP contribution in [0.1, 0.15) is 6.42 Å². The molecule has 18 heavy (non-hydrogen) atoms. The molecule has 1 atom stereocenters. The van der Waals surface area contributed by atoms with E-state index in [0.29, 0.717) is 19.0 Å². The van der Waals surface area contributed by atoms with E-state index in [4.69, 9.17) is 10.5 Å². The van der Waals surface area contributed by atoms with Gasteiger partial charge in [-0.15, -0.1) is 0 Å². The van der Waals surface area contributed by atoms with Gasteiger partial charge in [-0.05, 0) is 12.1 Å². The lowest BCUT2D eigenvalue weighted by Crippen LogP contribution is -2.43. The van der Waals surface area contributed by atoms with E-state index in [1.807, 2.05) is 12.1 Å². The van der Waals surface area contributed by atoms with Crippen LogP contribution in [0.5, 0.6) is 0 Å². The summed E-state index contributed by atoms with van der Waals surface area (Å²) in [5, 5.41) is 0. The van der Waals surface area contributed by atoms with Gasteiger partial charge in [0.05, 0.1) is 26.2 Å². The number of anilines is 2. The Hall–Kier alpha value is -1.82. The third-order valence-corrected chi connectivity index (χ3v) is 2.84. The maximum atomic E-state index is 11.2. The minimum atomic E-state index is -0.262. The van der Waals surface area contributed by atoms with E-state index in [1.165, 1.54) is 7.11 Å². The zero-order valence-corrected chi connectivity index (χ0v) is 10.3. The van der Waals surface area contributed by atoms with Gasteiger partial charge >= 0.3 is 5.97 Å². The lowest BCUT2D eigenvalue weighted by molar-refractivity contribution is -0.144. The number of aromatic nitrogens is 1. The SMILES string of the molecule is COC(=O)CC1CN(c2cccc(N)n2)CCO1. The molecule has 0 saturated carbocycles. The normalized spacial score (nSPS) is 19.6. The highest BCUT2D eigenvalue weighted by Gasteiger charge is 2.24. The second-order valence-electron chi connectivity index (χ2n) is 4.14. The van der Waals surface area contributed by atoms with Gasteiger partial charge in [0.1, 0.15) is 11.6 Å². The summed E-state index contributed by atoms with van der Waals surface area (Å²) in [6.07, 6.45) is 0.101. The van der Waals surface area contributed by atoms with Gasteiger partial charge < -0.3 is 20.1 Å². The van der Waals surface area contributed by atoms with Gasteiger partial charge in [0, 0.05) is 13.1 Å². The van der Waals surface area contributed by atoms with E-state index < -0.39 is 0 Å². The van der Waals surface area contributed by atoms with Crippen molar-refractivity contribution in [3.8, 4) is 0 Å². The van der Waals surface area contributed by atoms with Gasteiger partial charge in [0.25, 0.3) is 0 Å². The van der Waals surface area contributed by atoms with Crippen LogP contribution < -0.4 is 10.6 Å². The second-order valence-corrected chi connectivity index (χ2v) is 4.14. The zero-order chi connectivity index (χ0) is 13.0. The number of nitrogen functional groups attached to an aromatic ring is 1. The Morgan fingerprint density at radius 2 is 2.50 bits per heavy atom. The van der Waals surface area contributed by atoms with Crippen LogP contribution in [-0.2, 0) is 14.3 Å². The molecule has 0 amide bonds. The fourth-order valence-corrected chi connectivity index (χ4v) is 1.94. The fraction of sp³-hybridized carbons (Fsp3) is 0.500. The van der Waals surface area contributed by atoms with Gasteiger partial charge in [-0.25, -0.2) is 4.98 Å². The smallest absolute Gasteiger partial charge is 0.308 e. The summed E-state index contributed by atoms with van der Waals surface area (Å²) in [6, 6.07) is 5.51. The maximum absolute atomic E-state index is 11.2. The lowest BCUT2D eigenvalue weighted by Gasteiger charge is -2.33. The summed E-state index contributed by atoms with van der Waals surface area (Å²) in [7, 11) is 1.38. The molecule has 1 aromatic rings. The van der Waals surface area contributed by atoms with Crippen molar-refractivity contribution in [2.45, 2.75) is 12.5 Å². The highest BCUT2D eigenvalue weighted by Crippen LogP contribution is 2.17. The first kappa shape index (κ1) is 12.6. The fourth-order valence-electron chi connectivity index (χ4n) is 1.94. The molecule has 0 aromatic carbocycles. The molecular formula is C12H17N3O3. The number of nitrogens with zero attached hydrogens (tertiary/aromatic N) is 2. The third kappa shape index (κ3) is 3.10. The molecule has 2 heterocycles. The maximum Gasteiger partial charge on any atom is 0.308 e. The average molecular weight is 251 g/mol. The molecule has 2 N–H and O–H groups in total. The Labute approximate surface area is 106 Å². The first-order valence-corrected chi connectivity index (χ1v) is 5.85. The van der Waals surface area contributed by atoms with Crippen molar-refractivity contribution in [1.29, 1.82) is 0 Å². The number of methoxy groups -OCH3 is 1. The van der Waals surface area contributed by atoms with E-state index in [1.54, 1.807) is 6.07 Å². The van der Waals surface area contributed by atoms with Crippen LogP contribution in [0.25, 0.3) is 0 Å². The monoisotopic (exact) mass is 251 g/mol. The summed E-state index contributed by atoms with van der Waals surface area (Å²) >= 11 is 0. The standard InChI is InChI=1S/C12H17N3O3/c1-17-12(16)7-9-8-15(5-6-18-9)11-4-2-3-10(13)14-11/h2-4,9H,5-8H2,1H3,(H2,13,14). The second kappa shape index (κ2) is 5.68. The molecule has 0 spiro atoms. The summed E-state index contributed by atoms with van der Waals surface area (Å²) in [5.74, 6) is 1.04. The minimum absolute atomic E-state index is 0.158. The molecule has 1 unspecified atom stereocenters. The van der Waals surface area contributed by atoms with Crippen LogP contribution in [0.3, 0.4) is 0 Å². The Balaban J connectivity index is 2.00. The topological polar surface area (TPSA) is 77.7 Å². The van der Waals surface area contributed by atoms with Crippen LogP contribution in [0, 0.1) is 0 Å². The number of hydrogen-bond acceptors (Lipinski definition) is 6. The first-order chi connectivity index (χ1) is 8.69. The molecule has 1 aliphatic rings. The molecule has 0 aliphatic carbocycles. The van der Waals surface area contributed by atoms with Crippen LogP contribution in [0.4, 0.5) is 11.6 Å². The molecule has 1 aromatic heterocycles. The minimum Gasteiger partial charge on any atom is -0.469 e. The molecule has 1 aliphatic heterocycles. The summed E-state index contributed by atoms with van der Waals surface area (Å²) in [5.41, 5.74) is 5.66. The molecule has 6 nitrogen and oxygen atoms in total.